The lowest BCUT2D eigenvalue weighted by Crippen LogP contribution is -2.13. The van der Waals surface area contributed by atoms with Crippen molar-refractivity contribution in [2.75, 3.05) is 5.32 Å². The first-order chi connectivity index (χ1) is 14.6. The Morgan fingerprint density at radius 2 is 1.90 bits per heavy atom. The van der Waals surface area contributed by atoms with E-state index in [1.165, 1.54) is 0 Å². The smallest absolute Gasteiger partial charge is 0.348 e. The summed E-state index contributed by atoms with van der Waals surface area (Å²) in [6, 6.07) is 6.95. The largest absolute Gasteiger partial charge is 0.459 e. The maximum Gasteiger partial charge on any atom is 0.348 e. The number of carbonyl (C=O) groups excluding carboxylic acids is 2. The number of rotatable bonds is 5. The Bertz CT molecular complexity index is 1200. The number of anilines is 1. The molecular weight excluding hydrogens is 461 g/mol. The molecule has 31 heavy (non-hydrogen) atoms. The van der Waals surface area contributed by atoms with Gasteiger partial charge in [-0.05, 0) is 45.4 Å². The van der Waals surface area contributed by atoms with Gasteiger partial charge in [-0.25, -0.2) is 4.79 Å². The molecule has 1 N–H and O–H groups in total. The van der Waals surface area contributed by atoms with Crippen LogP contribution >= 0.6 is 34.5 Å². The number of halogens is 2. The number of aromatic nitrogens is 1. The second-order valence-electron chi connectivity index (χ2n) is 6.84. The van der Waals surface area contributed by atoms with Gasteiger partial charge in [-0.1, -0.05) is 34.4 Å². The van der Waals surface area contributed by atoms with Crippen LogP contribution in [0.5, 0.6) is 0 Å². The maximum atomic E-state index is 13.1. The van der Waals surface area contributed by atoms with Crippen molar-refractivity contribution < 1.29 is 18.8 Å². The summed E-state index contributed by atoms with van der Waals surface area (Å²) in [5.41, 5.74) is 1.27. The van der Waals surface area contributed by atoms with E-state index in [0.29, 0.717) is 21.2 Å². The third kappa shape index (κ3) is 4.44. The number of carbonyl (C=O) groups is 2. The van der Waals surface area contributed by atoms with Crippen LogP contribution in [0.25, 0.3) is 11.3 Å². The Labute approximate surface area is 192 Å². The Kier molecular flexibility index (Phi) is 6.70. The Morgan fingerprint density at radius 3 is 2.48 bits per heavy atom. The van der Waals surface area contributed by atoms with Crippen molar-refractivity contribution in [2.24, 2.45) is 0 Å². The molecule has 3 rings (SSSR count). The van der Waals surface area contributed by atoms with Crippen LogP contribution in [0.4, 0.5) is 5.00 Å². The topological polar surface area (TPSA) is 105 Å². The second-order valence-corrected chi connectivity index (χ2v) is 8.67. The summed E-state index contributed by atoms with van der Waals surface area (Å²) in [5.74, 6) is -0.889. The van der Waals surface area contributed by atoms with E-state index in [-0.39, 0.29) is 38.6 Å². The van der Waals surface area contributed by atoms with Gasteiger partial charge in [-0.2, -0.15) is 5.26 Å². The van der Waals surface area contributed by atoms with Crippen LogP contribution in [0.1, 0.15) is 50.8 Å². The van der Waals surface area contributed by atoms with Crippen LogP contribution in [-0.2, 0) is 4.74 Å². The average Bonchev–Trinajstić information content (AvgIpc) is 3.21. The van der Waals surface area contributed by atoms with E-state index >= 15 is 0 Å². The van der Waals surface area contributed by atoms with Crippen LogP contribution in [0, 0.1) is 25.2 Å². The normalized spacial score (nSPS) is 10.8. The maximum absolute atomic E-state index is 13.1. The Morgan fingerprint density at radius 1 is 1.26 bits per heavy atom. The fraction of sp³-hybridized carbons (Fsp3) is 0.238. The van der Waals surface area contributed by atoms with Crippen molar-refractivity contribution in [3.05, 3.63) is 55.6 Å². The molecule has 0 saturated heterocycles. The molecule has 3 aromatic rings. The van der Waals surface area contributed by atoms with E-state index in [1.807, 2.05) is 6.07 Å². The molecular formula is C21H17Cl2N3O4S. The first-order valence-corrected chi connectivity index (χ1v) is 10.7. The fourth-order valence-corrected chi connectivity index (χ4v) is 4.51. The SMILES string of the molecule is Cc1onc(-c2c(Cl)cccc2Cl)c1C(=O)Nc1sc(C(=O)OC(C)C)c(C)c1C#N. The molecule has 0 aliphatic rings. The number of nitrogens with zero attached hydrogens (tertiary/aromatic N) is 2. The van der Waals surface area contributed by atoms with Crippen molar-refractivity contribution in [1.82, 2.24) is 5.16 Å². The van der Waals surface area contributed by atoms with Gasteiger partial charge >= 0.3 is 5.97 Å². The molecule has 0 saturated carbocycles. The van der Waals surface area contributed by atoms with Gasteiger partial charge in [0.2, 0.25) is 0 Å². The highest BCUT2D eigenvalue weighted by molar-refractivity contribution is 7.18. The van der Waals surface area contributed by atoms with Crippen molar-refractivity contribution in [3.63, 3.8) is 0 Å². The van der Waals surface area contributed by atoms with Gasteiger partial charge in [0.05, 0.1) is 21.7 Å². The van der Waals surface area contributed by atoms with E-state index in [2.05, 4.69) is 10.5 Å². The van der Waals surface area contributed by atoms with E-state index in [0.717, 1.165) is 11.3 Å². The highest BCUT2D eigenvalue weighted by Crippen LogP contribution is 2.38. The van der Waals surface area contributed by atoms with Crippen LogP contribution in [0.15, 0.2) is 22.7 Å². The number of esters is 1. The van der Waals surface area contributed by atoms with Crippen molar-refractivity contribution in [1.29, 1.82) is 5.26 Å². The number of hydrogen-bond donors (Lipinski definition) is 1. The van der Waals surface area contributed by atoms with Gasteiger partial charge in [0.25, 0.3) is 5.91 Å². The first-order valence-electron chi connectivity index (χ1n) is 9.12. The zero-order valence-electron chi connectivity index (χ0n) is 17.0. The molecule has 160 valence electrons. The van der Waals surface area contributed by atoms with Gasteiger partial charge in [0.15, 0.2) is 0 Å². The quantitative estimate of drug-likeness (QED) is 0.450. The number of nitriles is 1. The summed E-state index contributed by atoms with van der Waals surface area (Å²) in [6.07, 6.45) is -0.319. The number of thiophene rings is 1. The number of hydrogen-bond acceptors (Lipinski definition) is 7. The lowest BCUT2D eigenvalue weighted by atomic mass is 10.1. The summed E-state index contributed by atoms with van der Waals surface area (Å²) in [4.78, 5) is 25.7. The summed E-state index contributed by atoms with van der Waals surface area (Å²) >= 11 is 13.5. The second kappa shape index (κ2) is 9.10. The lowest BCUT2D eigenvalue weighted by molar-refractivity contribution is 0.0383. The fourth-order valence-electron chi connectivity index (χ4n) is 2.90. The molecule has 1 aromatic carbocycles. The number of nitrogens with one attached hydrogen (secondary N) is 1. The van der Waals surface area contributed by atoms with E-state index in [9.17, 15) is 14.9 Å². The number of aryl methyl sites for hydroxylation is 1. The van der Waals surface area contributed by atoms with Crippen LogP contribution < -0.4 is 5.32 Å². The Hall–Kier alpha value is -2.86. The Balaban J connectivity index is 2.02. The summed E-state index contributed by atoms with van der Waals surface area (Å²) in [7, 11) is 0. The van der Waals surface area contributed by atoms with E-state index < -0.39 is 11.9 Å². The molecule has 2 heterocycles. The predicted molar refractivity (Wildman–Crippen MR) is 119 cm³/mol. The minimum absolute atomic E-state index is 0.122. The average molecular weight is 478 g/mol. The highest BCUT2D eigenvalue weighted by atomic mass is 35.5. The van der Waals surface area contributed by atoms with Crippen LogP contribution in [-0.4, -0.2) is 23.1 Å². The summed E-state index contributed by atoms with van der Waals surface area (Å²) in [5, 5.41) is 17.0. The molecule has 2 aromatic heterocycles. The molecule has 10 heteroatoms. The summed E-state index contributed by atoms with van der Waals surface area (Å²) in [6.45, 7) is 6.66. The minimum atomic E-state index is -0.578. The third-order valence-corrected chi connectivity index (χ3v) is 6.12. The van der Waals surface area contributed by atoms with Gasteiger partial charge in [-0.15, -0.1) is 11.3 Å². The third-order valence-electron chi connectivity index (χ3n) is 4.30. The highest BCUT2D eigenvalue weighted by Gasteiger charge is 2.28. The van der Waals surface area contributed by atoms with Gasteiger partial charge < -0.3 is 14.6 Å². The van der Waals surface area contributed by atoms with Crippen molar-refractivity contribution in [2.45, 2.75) is 33.8 Å². The molecule has 0 aliphatic heterocycles. The van der Waals surface area contributed by atoms with Gasteiger partial charge in [0, 0.05) is 5.56 Å². The van der Waals surface area contributed by atoms with E-state index in [4.69, 9.17) is 32.5 Å². The minimum Gasteiger partial charge on any atom is -0.459 e. The molecule has 0 spiro atoms. The molecule has 7 nitrogen and oxygen atoms in total. The molecule has 0 atom stereocenters. The number of ether oxygens (including phenoxy) is 1. The first kappa shape index (κ1) is 22.8. The van der Waals surface area contributed by atoms with Crippen LogP contribution in [0.3, 0.4) is 0 Å². The lowest BCUT2D eigenvalue weighted by Gasteiger charge is -2.07. The van der Waals surface area contributed by atoms with Gasteiger partial charge in [-0.3, -0.25) is 4.79 Å². The monoisotopic (exact) mass is 477 g/mol. The van der Waals surface area contributed by atoms with Crippen LogP contribution in [0.2, 0.25) is 10.0 Å². The molecule has 0 fully saturated rings. The zero-order valence-corrected chi connectivity index (χ0v) is 19.3. The number of benzene rings is 1. The molecule has 1 amide bonds. The molecule has 0 bridgehead atoms. The van der Waals surface area contributed by atoms with E-state index in [1.54, 1.807) is 45.9 Å². The molecule has 0 unspecified atom stereocenters. The molecule has 0 radical (unpaired) electrons. The van der Waals surface area contributed by atoms with Crippen molar-refractivity contribution in [3.8, 4) is 17.3 Å². The van der Waals surface area contributed by atoms with Gasteiger partial charge in [0.1, 0.15) is 33.0 Å². The molecule has 0 aliphatic carbocycles. The standard InChI is InChI=1S/C21H17Cl2N3O4S/c1-9(2)29-21(28)18-10(3)12(8-24)20(31-18)25-19(27)15-11(4)30-26-17(15)16-13(22)6-5-7-14(16)23/h5-7,9H,1-4H3,(H,25,27). The number of amides is 1. The zero-order chi connectivity index (χ0) is 22.9. The summed E-state index contributed by atoms with van der Waals surface area (Å²) < 4.78 is 10.4. The van der Waals surface area contributed by atoms with Crippen molar-refractivity contribution >= 4 is 51.4 Å². The predicted octanol–water partition coefficient (Wildman–Crippen LogP) is 6.02.